The molecule has 1 N–H and O–H groups in total. The molecule has 0 aromatic carbocycles. The van der Waals surface area contributed by atoms with Crippen LogP contribution in [0.4, 0.5) is 0 Å². The minimum absolute atomic E-state index is 0.713. The van der Waals surface area contributed by atoms with Crippen LogP contribution in [0, 0.1) is 5.92 Å². The molecule has 2 heteroatoms. The molecule has 2 atom stereocenters. The fourth-order valence-electron chi connectivity index (χ4n) is 3.71. The van der Waals surface area contributed by atoms with Gasteiger partial charge in [-0.3, -0.25) is 4.90 Å². The molecule has 0 radical (unpaired) electrons. The normalized spacial score (nSPS) is 29.7. The number of hydrogen-bond donors (Lipinski definition) is 1. The highest BCUT2D eigenvalue weighted by Gasteiger charge is 2.27. The molecule has 1 saturated carbocycles. The van der Waals surface area contributed by atoms with Crippen LogP contribution in [-0.4, -0.2) is 36.1 Å². The Morgan fingerprint density at radius 2 is 1.61 bits per heavy atom. The van der Waals surface area contributed by atoms with Gasteiger partial charge < -0.3 is 5.32 Å². The lowest BCUT2D eigenvalue weighted by Crippen LogP contribution is -2.43. The van der Waals surface area contributed by atoms with Crippen LogP contribution in [0.15, 0.2) is 0 Å². The molecule has 1 aliphatic carbocycles. The van der Waals surface area contributed by atoms with Crippen molar-refractivity contribution < 1.29 is 0 Å². The summed E-state index contributed by atoms with van der Waals surface area (Å²) in [6.45, 7) is 9.60. The van der Waals surface area contributed by atoms with Crippen LogP contribution in [0.5, 0.6) is 0 Å². The van der Waals surface area contributed by atoms with Crippen LogP contribution in [-0.2, 0) is 0 Å². The lowest BCUT2D eigenvalue weighted by molar-refractivity contribution is 0.256. The molecule has 1 unspecified atom stereocenters. The molecule has 18 heavy (non-hydrogen) atoms. The summed E-state index contributed by atoms with van der Waals surface area (Å²) in [7, 11) is 0. The third-order valence-electron chi connectivity index (χ3n) is 5.06. The Hall–Kier alpha value is -0.0800. The molecule has 0 bridgehead atoms. The van der Waals surface area contributed by atoms with Gasteiger partial charge in [-0.05, 0) is 52.5 Å². The van der Waals surface area contributed by atoms with Crippen molar-refractivity contribution in [3.8, 4) is 0 Å². The van der Waals surface area contributed by atoms with Gasteiger partial charge in [-0.25, -0.2) is 0 Å². The van der Waals surface area contributed by atoms with Gasteiger partial charge in [0.05, 0.1) is 0 Å². The van der Waals surface area contributed by atoms with Gasteiger partial charge in [0.1, 0.15) is 0 Å². The van der Waals surface area contributed by atoms with Crippen molar-refractivity contribution in [2.75, 3.05) is 13.1 Å². The molecule has 0 spiro atoms. The Balaban J connectivity index is 1.75. The number of nitrogens with one attached hydrogen (secondary N) is 1. The molecule has 1 aliphatic heterocycles. The van der Waals surface area contributed by atoms with Crippen LogP contribution in [0.25, 0.3) is 0 Å². The average Bonchev–Trinajstić information content (AvgIpc) is 2.64. The SMILES string of the molecule is CC(C)N1CCC(N[C@H](C)C2CCCCCC2)C1. The summed E-state index contributed by atoms with van der Waals surface area (Å²) in [4.78, 5) is 2.61. The van der Waals surface area contributed by atoms with Crippen molar-refractivity contribution in [2.45, 2.75) is 83.8 Å². The quantitative estimate of drug-likeness (QED) is 0.771. The summed E-state index contributed by atoms with van der Waals surface area (Å²) in [6.07, 6.45) is 10.1. The minimum Gasteiger partial charge on any atom is -0.310 e. The van der Waals surface area contributed by atoms with Crippen LogP contribution < -0.4 is 5.32 Å². The maximum absolute atomic E-state index is 3.92. The molecule has 2 fully saturated rings. The Labute approximate surface area is 114 Å². The second-order valence-corrected chi connectivity index (χ2v) is 6.78. The zero-order valence-corrected chi connectivity index (χ0v) is 12.6. The number of hydrogen-bond acceptors (Lipinski definition) is 2. The van der Waals surface area contributed by atoms with Crippen LogP contribution in [0.2, 0.25) is 0 Å². The largest absolute Gasteiger partial charge is 0.310 e. The highest BCUT2D eigenvalue weighted by Crippen LogP contribution is 2.26. The second-order valence-electron chi connectivity index (χ2n) is 6.78. The van der Waals surface area contributed by atoms with Crippen molar-refractivity contribution in [2.24, 2.45) is 5.92 Å². The van der Waals surface area contributed by atoms with E-state index < -0.39 is 0 Å². The fraction of sp³-hybridized carbons (Fsp3) is 1.00. The van der Waals surface area contributed by atoms with Crippen molar-refractivity contribution in [1.82, 2.24) is 10.2 Å². The van der Waals surface area contributed by atoms with E-state index in [1.165, 1.54) is 58.0 Å². The lowest BCUT2D eigenvalue weighted by atomic mass is 9.92. The summed E-state index contributed by atoms with van der Waals surface area (Å²) >= 11 is 0. The first-order chi connectivity index (χ1) is 8.66. The van der Waals surface area contributed by atoms with E-state index in [1.807, 2.05) is 0 Å². The van der Waals surface area contributed by atoms with Crippen molar-refractivity contribution >= 4 is 0 Å². The zero-order valence-electron chi connectivity index (χ0n) is 12.6. The zero-order chi connectivity index (χ0) is 13.0. The molecule has 1 heterocycles. The van der Waals surface area contributed by atoms with E-state index in [0.717, 1.165) is 18.0 Å². The molecule has 0 aromatic rings. The fourth-order valence-corrected chi connectivity index (χ4v) is 3.71. The van der Waals surface area contributed by atoms with Crippen LogP contribution in [0.1, 0.15) is 65.7 Å². The Bertz CT molecular complexity index is 231. The summed E-state index contributed by atoms with van der Waals surface area (Å²) in [5.74, 6) is 0.931. The molecule has 1 saturated heterocycles. The van der Waals surface area contributed by atoms with Gasteiger partial charge >= 0.3 is 0 Å². The topological polar surface area (TPSA) is 15.3 Å². The Kier molecular flexibility index (Phi) is 5.50. The lowest BCUT2D eigenvalue weighted by Gasteiger charge is -2.27. The van der Waals surface area contributed by atoms with Gasteiger partial charge in [0, 0.05) is 24.7 Å². The Morgan fingerprint density at radius 1 is 0.944 bits per heavy atom. The van der Waals surface area contributed by atoms with Crippen molar-refractivity contribution in [1.29, 1.82) is 0 Å². The predicted octanol–water partition coefficient (Wildman–Crippen LogP) is 3.42. The smallest absolute Gasteiger partial charge is 0.0209 e. The van der Waals surface area contributed by atoms with Gasteiger partial charge in [0.25, 0.3) is 0 Å². The second kappa shape index (κ2) is 6.91. The molecule has 106 valence electrons. The monoisotopic (exact) mass is 252 g/mol. The third-order valence-corrected chi connectivity index (χ3v) is 5.06. The van der Waals surface area contributed by atoms with Gasteiger partial charge in [-0.2, -0.15) is 0 Å². The minimum atomic E-state index is 0.713. The van der Waals surface area contributed by atoms with Gasteiger partial charge in [0.2, 0.25) is 0 Å². The van der Waals surface area contributed by atoms with E-state index in [0.29, 0.717) is 6.04 Å². The first kappa shape index (κ1) is 14.3. The predicted molar refractivity (Wildman–Crippen MR) is 78.9 cm³/mol. The van der Waals surface area contributed by atoms with Gasteiger partial charge in [-0.1, -0.05) is 25.7 Å². The van der Waals surface area contributed by atoms with Crippen molar-refractivity contribution in [3.05, 3.63) is 0 Å². The summed E-state index contributed by atoms with van der Waals surface area (Å²) in [6, 6.07) is 2.18. The summed E-state index contributed by atoms with van der Waals surface area (Å²) in [5.41, 5.74) is 0. The molecular weight excluding hydrogens is 220 g/mol. The molecule has 2 nitrogen and oxygen atoms in total. The maximum Gasteiger partial charge on any atom is 0.0209 e. The molecule has 0 amide bonds. The third kappa shape index (κ3) is 3.96. The standard InChI is InChI=1S/C16H32N2/c1-13(2)18-11-10-16(12-18)17-14(3)15-8-6-4-5-7-9-15/h13-17H,4-12H2,1-3H3/t14-,16?/m1/s1. The average molecular weight is 252 g/mol. The number of likely N-dealkylation sites (tertiary alicyclic amines) is 1. The summed E-state index contributed by atoms with van der Waals surface area (Å²) < 4.78 is 0. The molecular formula is C16H32N2. The van der Waals surface area contributed by atoms with E-state index in [2.05, 4.69) is 31.0 Å². The summed E-state index contributed by atoms with van der Waals surface area (Å²) in [5, 5.41) is 3.92. The Morgan fingerprint density at radius 3 is 2.17 bits per heavy atom. The van der Waals surface area contributed by atoms with Crippen LogP contribution >= 0.6 is 0 Å². The molecule has 0 aromatic heterocycles. The van der Waals surface area contributed by atoms with E-state index in [9.17, 15) is 0 Å². The van der Waals surface area contributed by atoms with Gasteiger partial charge in [-0.15, -0.1) is 0 Å². The van der Waals surface area contributed by atoms with Crippen LogP contribution in [0.3, 0.4) is 0 Å². The van der Waals surface area contributed by atoms with E-state index in [-0.39, 0.29) is 0 Å². The molecule has 2 rings (SSSR count). The van der Waals surface area contributed by atoms with E-state index in [1.54, 1.807) is 0 Å². The first-order valence-corrected chi connectivity index (χ1v) is 8.17. The number of rotatable bonds is 4. The maximum atomic E-state index is 3.92. The van der Waals surface area contributed by atoms with Gasteiger partial charge in [0.15, 0.2) is 0 Å². The highest BCUT2D eigenvalue weighted by molar-refractivity contribution is 4.86. The number of nitrogens with zero attached hydrogens (tertiary/aromatic N) is 1. The highest BCUT2D eigenvalue weighted by atomic mass is 15.2. The van der Waals surface area contributed by atoms with E-state index in [4.69, 9.17) is 0 Å². The van der Waals surface area contributed by atoms with E-state index >= 15 is 0 Å². The molecule has 2 aliphatic rings. The van der Waals surface area contributed by atoms with Crippen molar-refractivity contribution in [3.63, 3.8) is 0 Å². The first-order valence-electron chi connectivity index (χ1n) is 8.17.